The highest BCUT2D eigenvalue weighted by Gasteiger charge is 2.30. The summed E-state index contributed by atoms with van der Waals surface area (Å²) in [5, 5.41) is 3.83. The van der Waals surface area contributed by atoms with Crippen LogP contribution in [0.25, 0.3) is 10.9 Å². The third-order valence-electron chi connectivity index (χ3n) is 4.70. The summed E-state index contributed by atoms with van der Waals surface area (Å²) in [4.78, 5) is 21.9. The summed E-state index contributed by atoms with van der Waals surface area (Å²) >= 11 is 5.86. The monoisotopic (exact) mass is 382 g/mol. The van der Waals surface area contributed by atoms with Crippen molar-refractivity contribution in [1.29, 1.82) is 0 Å². The van der Waals surface area contributed by atoms with Crippen LogP contribution in [0.4, 0.5) is 15.9 Å². The fraction of sp³-hybridized carbons (Fsp3) is 0.150. The van der Waals surface area contributed by atoms with E-state index in [4.69, 9.17) is 11.6 Å². The molecule has 0 spiro atoms. The van der Waals surface area contributed by atoms with E-state index in [0.717, 1.165) is 16.5 Å². The van der Waals surface area contributed by atoms with Crippen LogP contribution < -0.4 is 5.32 Å². The van der Waals surface area contributed by atoms with Crippen LogP contribution in [0.2, 0.25) is 5.02 Å². The van der Waals surface area contributed by atoms with Crippen LogP contribution in [0.5, 0.6) is 0 Å². The molecule has 0 bridgehead atoms. The number of likely N-dealkylation sites (tertiary alicyclic amines) is 1. The fourth-order valence-electron chi connectivity index (χ4n) is 3.15. The molecule has 1 aromatic heterocycles. The maximum atomic E-state index is 14.2. The topological polar surface area (TPSA) is 58.1 Å². The molecule has 1 fully saturated rings. The first-order chi connectivity index (χ1) is 13.1. The average molecular weight is 383 g/mol. The highest BCUT2D eigenvalue weighted by molar-refractivity contribution is 6.31. The largest absolute Gasteiger partial charge is 0.338 e. The summed E-state index contributed by atoms with van der Waals surface area (Å²) in [6.07, 6.45) is 2.76. The Hall–Kier alpha value is -2.99. The Kier molecular flexibility index (Phi) is 4.49. The zero-order chi connectivity index (χ0) is 19.0. The van der Waals surface area contributed by atoms with E-state index in [1.54, 1.807) is 17.0 Å². The number of amides is 1. The van der Waals surface area contributed by atoms with E-state index >= 15 is 0 Å². The van der Waals surface area contributed by atoms with E-state index in [1.165, 1.54) is 18.5 Å². The minimum absolute atomic E-state index is 0.0421. The number of hydrogen-bond donors (Lipinski definition) is 1. The predicted octanol–water partition coefficient (Wildman–Crippen LogP) is 4.28. The van der Waals surface area contributed by atoms with Gasteiger partial charge in [0.25, 0.3) is 0 Å². The predicted molar refractivity (Wildman–Crippen MR) is 104 cm³/mol. The normalized spacial score (nSPS) is 14.1. The van der Waals surface area contributed by atoms with Gasteiger partial charge < -0.3 is 10.2 Å². The lowest BCUT2D eigenvalue weighted by atomic mass is 9.90. The number of carbonyl (C=O) groups is 1. The quantitative estimate of drug-likeness (QED) is 0.684. The minimum atomic E-state index is -0.528. The van der Waals surface area contributed by atoms with E-state index in [2.05, 4.69) is 21.9 Å². The average Bonchev–Trinajstić information content (AvgIpc) is 2.64. The maximum Gasteiger partial charge on any atom is 0.245 e. The summed E-state index contributed by atoms with van der Waals surface area (Å²) in [5.41, 5.74) is 2.08. The molecule has 0 aliphatic carbocycles. The van der Waals surface area contributed by atoms with Gasteiger partial charge >= 0.3 is 0 Å². The second kappa shape index (κ2) is 6.96. The number of nitrogens with zero attached hydrogens (tertiary/aromatic N) is 3. The van der Waals surface area contributed by atoms with Gasteiger partial charge in [-0.25, -0.2) is 14.4 Å². The summed E-state index contributed by atoms with van der Waals surface area (Å²) in [7, 11) is 0. The third kappa shape index (κ3) is 3.24. The molecule has 27 heavy (non-hydrogen) atoms. The highest BCUT2D eigenvalue weighted by atomic mass is 35.5. The molecule has 1 amide bonds. The van der Waals surface area contributed by atoms with Gasteiger partial charge in [0.2, 0.25) is 5.91 Å². The van der Waals surface area contributed by atoms with E-state index in [1.807, 2.05) is 18.2 Å². The van der Waals surface area contributed by atoms with Gasteiger partial charge in [-0.15, -0.1) is 0 Å². The summed E-state index contributed by atoms with van der Waals surface area (Å²) in [5.74, 6) is 0.157. The lowest BCUT2D eigenvalue weighted by Crippen LogP contribution is -2.47. The number of aromatic nitrogens is 2. The molecule has 1 aliphatic rings. The van der Waals surface area contributed by atoms with Gasteiger partial charge in [0.05, 0.1) is 16.2 Å². The molecule has 0 radical (unpaired) electrons. The van der Waals surface area contributed by atoms with E-state index in [9.17, 15) is 9.18 Å². The van der Waals surface area contributed by atoms with Crippen LogP contribution in [-0.2, 0) is 4.79 Å². The standard InChI is InChI=1S/C20H16ClFN4O/c1-2-18(27)26-9-13(10-26)12-6-7-16-14(8-12)20(24-11-23-16)25-17-5-3-4-15(21)19(17)22/h2-8,11,13H,1,9-10H2,(H,23,24,25). The zero-order valence-corrected chi connectivity index (χ0v) is 15.1. The molecule has 2 aromatic carbocycles. The van der Waals surface area contributed by atoms with Crippen molar-refractivity contribution in [2.24, 2.45) is 0 Å². The lowest BCUT2D eigenvalue weighted by molar-refractivity contribution is -0.130. The van der Waals surface area contributed by atoms with Crippen molar-refractivity contribution < 1.29 is 9.18 Å². The Balaban J connectivity index is 1.65. The summed E-state index contributed by atoms with van der Waals surface area (Å²) in [6, 6.07) is 10.7. The van der Waals surface area contributed by atoms with Crippen LogP contribution >= 0.6 is 11.6 Å². The SMILES string of the molecule is C=CC(=O)N1CC(c2ccc3ncnc(Nc4cccc(Cl)c4F)c3c2)C1. The van der Waals surface area contributed by atoms with Crippen molar-refractivity contribution in [3.63, 3.8) is 0 Å². The molecule has 0 unspecified atom stereocenters. The molecule has 5 nitrogen and oxygen atoms in total. The molecular weight excluding hydrogens is 367 g/mol. The van der Waals surface area contributed by atoms with Gasteiger partial charge in [0.1, 0.15) is 12.1 Å². The van der Waals surface area contributed by atoms with Crippen LogP contribution in [0.15, 0.2) is 55.4 Å². The number of halogens is 2. The van der Waals surface area contributed by atoms with E-state index in [-0.39, 0.29) is 22.5 Å². The van der Waals surface area contributed by atoms with Crippen molar-refractivity contribution in [2.75, 3.05) is 18.4 Å². The highest BCUT2D eigenvalue weighted by Crippen LogP contribution is 2.32. The first-order valence-corrected chi connectivity index (χ1v) is 8.81. The number of nitrogens with one attached hydrogen (secondary N) is 1. The molecule has 4 rings (SSSR count). The summed E-state index contributed by atoms with van der Waals surface area (Å²) in [6.45, 7) is 4.81. The lowest BCUT2D eigenvalue weighted by Gasteiger charge is -2.39. The Morgan fingerprint density at radius 2 is 2.11 bits per heavy atom. The number of hydrogen-bond acceptors (Lipinski definition) is 4. The Bertz CT molecular complexity index is 1050. The van der Waals surface area contributed by atoms with Gasteiger partial charge in [-0.2, -0.15) is 0 Å². The van der Waals surface area contributed by atoms with Crippen LogP contribution in [0, 0.1) is 5.82 Å². The van der Waals surface area contributed by atoms with Crippen LogP contribution in [0.1, 0.15) is 11.5 Å². The van der Waals surface area contributed by atoms with Crippen molar-refractivity contribution in [3.8, 4) is 0 Å². The maximum absolute atomic E-state index is 14.2. The van der Waals surface area contributed by atoms with Gasteiger partial charge in [-0.3, -0.25) is 4.79 Å². The number of rotatable bonds is 4. The molecule has 2 heterocycles. The van der Waals surface area contributed by atoms with Gasteiger partial charge in [0, 0.05) is 24.4 Å². The molecule has 0 saturated carbocycles. The van der Waals surface area contributed by atoms with Crippen molar-refractivity contribution in [3.05, 3.63) is 71.8 Å². The number of benzene rings is 2. The molecule has 7 heteroatoms. The molecule has 136 valence electrons. The van der Waals surface area contributed by atoms with Crippen molar-refractivity contribution in [2.45, 2.75) is 5.92 Å². The van der Waals surface area contributed by atoms with Crippen molar-refractivity contribution in [1.82, 2.24) is 14.9 Å². The first kappa shape index (κ1) is 17.4. The second-order valence-electron chi connectivity index (χ2n) is 6.37. The third-order valence-corrected chi connectivity index (χ3v) is 5.00. The second-order valence-corrected chi connectivity index (χ2v) is 6.78. The Morgan fingerprint density at radius 3 is 2.89 bits per heavy atom. The van der Waals surface area contributed by atoms with Crippen molar-refractivity contribution >= 4 is 39.9 Å². The molecule has 1 N–H and O–H groups in total. The molecule has 1 saturated heterocycles. The Labute approximate surface area is 160 Å². The summed E-state index contributed by atoms with van der Waals surface area (Å²) < 4.78 is 14.2. The first-order valence-electron chi connectivity index (χ1n) is 8.44. The van der Waals surface area contributed by atoms with Crippen LogP contribution in [0.3, 0.4) is 0 Å². The smallest absolute Gasteiger partial charge is 0.245 e. The molecule has 3 aromatic rings. The van der Waals surface area contributed by atoms with Crippen LogP contribution in [-0.4, -0.2) is 33.9 Å². The van der Waals surface area contributed by atoms with E-state index < -0.39 is 5.82 Å². The molecular formula is C20H16ClFN4O. The fourth-order valence-corrected chi connectivity index (χ4v) is 3.33. The zero-order valence-electron chi connectivity index (χ0n) is 14.3. The number of fused-ring (bicyclic) bond motifs is 1. The molecule has 0 atom stereocenters. The van der Waals surface area contributed by atoms with Gasteiger partial charge in [-0.1, -0.05) is 30.3 Å². The number of carbonyl (C=O) groups excluding carboxylic acids is 1. The number of anilines is 2. The van der Waals surface area contributed by atoms with E-state index in [0.29, 0.717) is 18.9 Å². The van der Waals surface area contributed by atoms with Gasteiger partial charge in [0.15, 0.2) is 5.82 Å². The minimum Gasteiger partial charge on any atom is -0.338 e. The molecule has 1 aliphatic heterocycles. The van der Waals surface area contributed by atoms with Gasteiger partial charge in [-0.05, 0) is 35.9 Å². The Morgan fingerprint density at radius 1 is 1.30 bits per heavy atom.